The van der Waals surface area contributed by atoms with Gasteiger partial charge in [0.25, 0.3) is 0 Å². The van der Waals surface area contributed by atoms with Crippen LogP contribution in [0.25, 0.3) is 0 Å². The van der Waals surface area contributed by atoms with Crippen molar-refractivity contribution in [3.63, 3.8) is 0 Å². The average Bonchev–Trinajstić information content (AvgIpc) is 2.39. The number of ether oxygens (including phenoxy) is 1. The predicted octanol–water partition coefficient (Wildman–Crippen LogP) is 3.68. The molecule has 100 valence electrons. The van der Waals surface area contributed by atoms with Crippen molar-refractivity contribution in [2.75, 3.05) is 24.8 Å². The summed E-state index contributed by atoms with van der Waals surface area (Å²) in [7, 11) is 3.70. The minimum Gasteiger partial charge on any atom is -0.497 e. The van der Waals surface area contributed by atoms with Crippen LogP contribution in [0.3, 0.4) is 0 Å². The summed E-state index contributed by atoms with van der Waals surface area (Å²) in [5, 5.41) is 0. The van der Waals surface area contributed by atoms with Crippen molar-refractivity contribution in [3.8, 4) is 5.75 Å². The lowest BCUT2D eigenvalue weighted by atomic mass is 10.2. The number of nitrogen functional groups attached to an aromatic ring is 1. The van der Waals surface area contributed by atoms with Gasteiger partial charge in [0.2, 0.25) is 0 Å². The molecule has 2 aromatic rings. The third-order valence-corrected chi connectivity index (χ3v) is 3.47. The van der Waals surface area contributed by atoms with Crippen LogP contribution in [0.5, 0.6) is 5.75 Å². The number of nitrogens with zero attached hydrogens (tertiary/aromatic N) is 1. The molecule has 4 heteroatoms. The van der Waals surface area contributed by atoms with E-state index in [1.54, 1.807) is 7.11 Å². The van der Waals surface area contributed by atoms with Crippen molar-refractivity contribution >= 4 is 27.3 Å². The highest BCUT2D eigenvalue weighted by molar-refractivity contribution is 9.10. The largest absolute Gasteiger partial charge is 0.497 e. The van der Waals surface area contributed by atoms with Crippen LogP contribution in [0.4, 0.5) is 11.4 Å². The molecule has 19 heavy (non-hydrogen) atoms. The Morgan fingerprint density at radius 1 is 1.16 bits per heavy atom. The van der Waals surface area contributed by atoms with Crippen LogP contribution in [-0.2, 0) is 6.54 Å². The first-order valence-electron chi connectivity index (χ1n) is 5.99. The van der Waals surface area contributed by atoms with E-state index in [1.165, 1.54) is 5.56 Å². The first kappa shape index (κ1) is 13.7. The predicted molar refractivity (Wildman–Crippen MR) is 83.7 cm³/mol. The van der Waals surface area contributed by atoms with Gasteiger partial charge in [0, 0.05) is 18.1 Å². The molecule has 2 aromatic carbocycles. The molecular weight excluding hydrogens is 304 g/mol. The fourth-order valence-electron chi connectivity index (χ4n) is 1.96. The lowest BCUT2D eigenvalue weighted by Gasteiger charge is -2.21. The molecule has 0 fully saturated rings. The zero-order chi connectivity index (χ0) is 13.8. The van der Waals surface area contributed by atoms with E-state index in [0.29, 0.717) is 0 Å². The molecule has 0 spiro atoms. The molecule has 0 aliphatic rings. The molecule has 0 aliphatic carbocycles. The van der Waals surface area contributed by atoms with E-state index in [9.17, 15) is 0 Å². The van der Waals surface area contributed by atoms with Gasteiger partial charge in [0.1, 0.15) is 5.75 Å². The number of hydrogen-bond donors (Lipinski definition) is 1. The Labute approximate surface area is 122 Å². The van der Waals surface area contributed by atoms with Crippen molar-refractivity contribution < 1.29 is 4.74 Å². The number of methoxy groups -OCH3 is 1. The van der Waals surface area contributed by atoms with Crippen LogP contribution in [0.15, 0.2) is 46.9 Å². The van der Waals surface area contributed by atoms with Crippen LogP contribution in [-0.4, -0.2) is 14.2 Å². The molecule has 0 aromatic heterocycles. The number of benzene rings is 2. The number of halogens is 1. The summed E-state index contributed by atoms with van der Waals surface area (Å²) >= 11 is 3.42. The van der Waals surface area contributed by atoms with Crippen molar-refractivity contribution in [1.29, 1.82) is 0 Å². The Morgan fingerprint density at radius 2 is 1.84 bits per heavy atom. The summed E-state index contributed by atoms with van der Waals surface area (Å²) in [5.74, 6) is 0.870. The number of nitrogens with two attached hydrogens (primary N) is 1. The molecule has 0 heterocycles. The summed E-state index contributed by atoms with van der Waals surface area (Å²) in [6.07, 6.45) is 0. The first-order chi connectivity index (χ1) is 9.10. The van der Waals surface area contributed by atoms with Gasteiger partial charge in [-0.2, -0.15) is 0 Å². The summed E-state index contributed by atoms with van der Waals surface area (Å²) in [6.45, 7) is 0.801. The van der Waals surface area contributed by atoms with Crippen molar-refractivity contribution in [3.05, 3.63) is 52.5 Å². The molecule has 0 radical (unpaired) electrons. The van der Waals surface area contributed by atoms with E-state index >= 15 is 0 Å². The lowest BCUT2D eigenvalue weighted by Crippen LogP contribution is -2.17. The summed E-state index contributed by atoms with van der Waals surface area (Å²) in [6, 6.07) is 14.0. The topological polar surface area (TPSA) is 38.5 Å². The molecule has 0 atom stereocenters. The zero-order valence-electron chi connectivity index (χ0n) is 11.1. The van der Waals surface area contributed by atoms with Gasteiger partial charge in [-0.3, -0.25) is 0 Å². The minimum absolute atomic E-state index is 0.769. The Balaban J connectivity index is 2.13. The summed E-state index contributed by atoms with van der Waals surface area (Å²) in [5.41, 5.74) is 9.04. The molecule has 2 rings (SSSR count). The lowest BCUT2D eigenvalue weighted by molar-refractivity contribution is 0.414. The van der Waals surface area contributed by atoms with Crippen LogP contribution in [0.2, 0.25) is 0 Å². The summed E-state index contributed by atoms with van der Waals surface area (Å²) < 4.78 is 6.14. The maximum atomic E-state index is 6.03. The molecule has 0 saturated carbocycles. The van der Waals surface area contributed by atoms with Gasteiger partial charge in [0.15, 0.2) is 0 Å². The van der Waals surface area contributed by atoms with Crippen molar-refractivity contribution in [2.24, 2.45) is 0 Å². The molecule has 2 N–H and O–H groups in total. The van der Waals surface area contributed by atoms with E-state index in [1.807, 2.05) is 37.4 Å². The Hall–Kier alpha value is -1.68. The van der Waals surface area contributed by atoms with Gasteiger partial charge in [-0.25, -0.2) is 0 Å². The number of rotatable bonds is 4. The molecule has 3 nitrogen and oxygen atoms in total. The van der Waals surface area contributed by atoms with Gasteiger partial charge in [-0.05, 0) is 35.9 Å². The first-order valence-corrected chi connectivity index (χ1v) is 6.78. The molecule has 0 saturated heterocycles. The van der Waals surface area contributed by atoms with Gasteiger partial charge in [-0.1, -0.05) is 28.1 Å². The quantitative estimate of drug-likeness (QED) is 0.873. The van der Waals surface area contributed by atoms with E-state index in [0.717, 1.165) is 28.1 Å². The maximum Gasteiger partial charge on any atom is 0.118 e. The second-order valence-corrected chi connectivity index (χ2v) is 5.32. The average molecular weight is 321 g/mol. The van der Waals surface area contributed by atoms with E-state index in [4.69, 9.17) is 10.5 Å². The van der Waals surface area contributed by atoms with Crippen LogP contribution in [0.1, 0.15) is 5.56 Å². The molecule has 0 bridgehead atoms. The SMILES string of the molecule is COc1ccc(CN(C)c2ccc(Br)cc2N)cc1. The van der Waals surface area contributed by atoms with E-state index < -0.39 is 0 Å². The smallest absolute Gasteiger partial charge is 0.118 e. The highest BCUT2D eigenvalue weighted by atomic mass is 79.9. The summed E-state index contributed by atoms with van der Waals surface area (Å²) in [4.78, 5) is 2.13. The van der Waals surface area contributed by atoms with Gasteiger partial charge < -0.3 is 15.4 Å². The van der Waals surface area contributed by atoms with Crippen molar-refractivity contribution in [2.45, 2.75) is 6.54 Å². The van der Waals surface area contributed by atoms with Gasteiger partial charge >= 0.3 is 0 Å². The van der Waals surface area contributed by atoms with Gasteiger partial charge in [-0.15, -0.1) is 0 Å². The zero-order valence-corrected chi connectivity index (χ0v) is 12.6. The van der Waals surface area contributed by atoms with Crippen LogP contribution in [0, 0.1) is 0 Å². The minimum atomic E-state index is 0.769. The molecule has 0 aliphatic heterocycles. The fourth-order valence-corrected chi connectivity index (χ4v) is 2.34. The molecule has 0 unspecified atom stereocenters. The molecule has 0 amide bonds. The van der Waals surface area contributed by atoms with Crippen LogP contribution >= 0.6 is 15.9 Å². The second-order valence-electron chi connectivity index (χ2n) is 4.41. The Morgan fingerprint density at radius 3 is 2.42 bits per heavy atom. The third kappa shape index (κ3) is 3.41. The Bertz CT molecular complexity index is 555. The second kappa shape index (κ2) is 5.97. The molecular formula is C15H17BrN2O. The van der Waals surface area contributed by atoms with E-state index in [-0.39, 0.29) is 0 Å². The van der Waals surface area contributed by atoms with Crippen molar-refractivity contribution in [1.82, 2.24) is 0 Å². The highest BCUT2D eigenvalue weighted by Gasteiger charge is 2.06. The fraction of sp³-hybridized carbons (Fsp3) is 0.200. The number of anilines is 2. The highest BCUT2D eigenvalue weighted by Crippen LogP contribution is 2.27. The standard InChI is InChI=1S/C15H17BrN2O/c1-18(15-8-5-12(16)9-14(15)17)10-11-3-6-13(19-2)7-4-11/h3-9H,10,17H2,1-2H3. The van der Waals surface area contributed by atoms with Crippen LogP contribution < -0.4 is 15.4 Å². The number of hydrogen-bond acceptors (Lipinski definition) is 3. The van der Waals surface area contributed by atoms with E-state index in [2.05, 4.69) is 33.0 Å². The monoisotopic (exact) mass is 320 g/mol. The third-order valence-electron chi connectivity index (χ3n) is 2.98. The normalized spacial score (nSPS) is 10.3. The maximum absolute atomic E-state index is 6.03. The van der Waals surface area contributed by atoms with Gasteiger partial charge in [0.05, 0.1) is 18.5 Å². The Kier molecular flexibility index (Phi) is 4.32.